The van der Waals surface area contributed by atoms with Gasteiger partial charge in [-0.2, -0.15) is 0 Å². The van der Waals surface area contributed by atoms with Gasteiger partial charge in [-0.1, -0.05) is 60.7 Å². The lowest BCUT2D eigenvalue weighted by molar-refractivity contribution is -0.121. The number of aromatic amines is 1. The molecule has 0 spiro atoms. The van der Waals surface area contributed by atoms with Crippen LogP contribution in [-0.2, 0) is 11.2 Å². The van der Waals surface area contributed by atoms with Crippen LogP contribution in [0, 0.1) is 5.82 Å². The van der Waals surface area contributed by atoms with Crippen LogP contribution in [0.4, 0.5) is 4.39 Å². The minimum atomic E-state index is -0.297. The third-order valence-electron chi connectivity index (χ3n) is 4.97. The van der Waals surface area contributed by atoms with Gasteiger partial charge in [-0.05, 0) is 29.3 Å². The van der Waals surface area contributed by atoms with E-state index in [0.717, 1.165) is 22.5 Å². The molecule has 0 atom stereocenters. The van der Waals surface area contributed by atoms with Gasteiger partial charge in [-0.25, -0.2) is 9.37 Å². The summed E-state index contributed by atoms with van der Waals surface area (Å²) < 4.78 is 13.3. The number of halogens is 1. The number of benzene rings is 3. The fraction of sp³-hybridized carbons (Fsp3) is 0.167. The molecule has 4 rings (SSSR count). The van der Waals surface area contributed by atoms with Crippen LogP contribution >= 0.6 is 0 Å². The van der Waals surface area contributed by atoms with E-state index >= 15 is 0 Å². The monoisotopic (exact) mass is 387 g/mol. The highest BCUT2D eigenvalue weighted by Crippen LogP contribution is 2.27. The topological polar surface area (TPSA) is 57.8 Å². The Morgan fingerprint density at radius 2 is 1.62 bits per heavy atom. The first kappa shape index (κ1) is 18.9. The SMILES string of the molecule is O=C(CC(c1ccccc1)c1ccccc1)NCCc1nc2ccc(F)cc2[nH]1. The van der Waals surface area contributed by atoms with Gasteiger partial charge in [0, 0.05) is 25.3 Å². The molecule has 1 amide bonds. The summed E-state index contributed by atoms with van der Waals surface area (Å²) in [6.45, 7) is 0.470. The van der Waals surface area contributed by atoms with Gasteiger partial charge >= 0.3 is 0 Å². The van der Waals surface area contributed by atoms with Crippen LogP contribution in [0.1, 0.15) is 29.3 Å². The maximum absolute atomic E-state index is 13.3. The zero-order valence-electron chi connectivity index (χ0n) is 15.9. The zero-order valence-corrected chi connectivity index (χ0v) is 15.9. The molecule has 4 nitrogen and oxygen atoms in total. The molecule has 0 aliphatic rings. The number of nitrogens with zero attached hydrogens (tertiary/aromatic N) is 1. The van der Waals surface area contributed by atoms with Crippen LogP contribution in [-0.4, -0.2) is 22.4 Å². The van der Waals surface area contributed by atoms with Gasteiger partial charge in [0.2, 0.25) is 5.91 Å². The molecule has 29 heavy (non-hydrogen) atoms. The molecule has 1 heterocycles. The molecule has 3 aromatic carbocycles. The standard InChI is InChI=1S/C24H22FN3O/c25-19-11-12-21-22(15-19)28-23(27-21)13-14-26-24(29)16-20(17-7-3-1-4-8-17)18-9-5-2-6-10-18/h1-12,15,20H,13-14,16H2,(H,26,29)(H,27,28). The second-order valence-corrected chi connectivity index (χ2v) is 7.02. The Kier molecular flexibility index (Phi) is 5.66. The predicted octanol–water partition coefficient (Wildman–Crippen LogP) is 4.58. The minimum Gasteiger partial charge on any atom is -0.356 e. The zero-order chi connectivity index (χ0) is 20.1. The van der Waals surface area contributed by atoms with E-state index in [9.17, 15) is 9.18 Å². The molecule has 0 unspecified atom stereocenters. The van der Waals surface area contributed by atoms with Crippen molar-refractivity contribution >= 4 is 16.9 Å². The Morgan fingerprint density at radius 3 is 2.28 bits per heavy atom. The number of carbonyl (C=O) groups excluding carboxylic acids is 1. The highest BCUT2D eigenvalue weighted by atomic mass is 19.1. The van der Waals surface area contributed by atoms with Gasteiger partial charge in [0.15, 0.2) is 0 Å². The van der Waals surface area contributed by atoms with E-state index in [-0.39, 0.29) is 17.6 Å². The first-order valence-corrected chi connectivity index (χ1v) is 9.70. The number of fused-ring (bicyclic) bond motifs is 1. The number of carbonyl (C=O) groups is 1. The van der Waals surface area contributed by atoms with Gasteiger partial charge < -0.3 is 10.3 Å². The Bertz CT molecular complexity index is 1050. The molecule has 0 fully saturated rings. The molecule has 0 saturated heterocycles. The van der Waals surface area contributed by atoms with Crippen LogP contribution in [0.25, 0.3) is 11.0 Å². The van der Waals surface area contributed by atoms with Crippen molar-refractivity contribution in [2.45, 2.75) is 18.8 Å². The molecule has 146 valence electrons. The first-order chi connectivity index (χ1) is 14.2. The van der Waals surface area contributed by atoms with Gasteiger partial charge in [0.05, 0.1) is 11.0 Å². The summed E-state index contributed by atoms with van der Waals surface area (Å²) in [5.74, 6) is 0.430. The Labute approximate surface area is 168 Å². The normalized spacial score (nSPS) is 11.1. The van der Waals surface area contributed by atoms with Crippen molar-refractivity contribution in [3.63, 3.8) is 0 Å². The summed E-state index contributed by atoms with van der Waals surface area (Å²) in [6.07, 6.45) is 0.933. The van der Waals surface area contributed by atoms with Crippen molar-refractivity contribution in [2.24, 2.45) is 0 Å². The summed E-state index contributed by atoms with van der Waals surface area (Å²) >= 11 is 0. The van der Waals surface area contributed by atoms with Crippen LogP contribution < -0.4 is 5.32 Å². The number of hydrogen-bond acceptors (Lipinski definition) is 2. The molecule has 1 aromatic heterocycles. The van der Waals surface area contributed by atoms with E-state index in [1.165, 1.54) is 12.1 Å². The first-order valence-electron chi connectivity index (χ1n) is 9.70. The third kappa shape index (κ3) is 4.69. The highest BCUT2D eigenvalue weighted by molar-refractivity contribution is 5.77. The summed E-state index contributed by atoms with van der Waals surface area (Å²) in [7, 11) is 0. The van der Waals surface area contributed by atoms with E-state index < -0.39 is 0 Å². The molecule has 0 radical (unpaired) electrons. The van der Waals surface area contributed by atoms with E-state index in [1.807, 2.05) is 36.4 Å². The lowest BCUT2D eigenvalue weighted by atomic mass is 9.88. The van der Waals surface area contributed by atoms with E-state index in [0.29, 0.717) is 24.9 Å². The number of H-pyrrole nitrogens is 1. The average molecular weight is 387 g/mol. The van der Waals surface area contributed by atoms with Crippen molar-refractivity contribution in [3.8, 4) is 0 Å². The van der Waals surface area contributed by atoms with Gasteiger partial charge in [0.25, 0.3) is 0 Å². The smallest absolute Gasteiger partial charge is 0.220 e. The molecule has 0 aliphatic heterocycles. The van der Waals surface area contributed by atoms with E-state index in [4.69, 9.17) is 0 Å². The largest absolute Gasteiger partial charge is 0.356 e. The fourth-order valence-corrected chi connectivity index (χ4v) is 3.53. The quantitative estimate of drug-likeness (QED) is 0.488. The highest BCUT2D eigenvalue weighted by Gasteiger charge is 2.18. The summed E-state index contributed by atoms with van der Waals surface area (Å²) in [6, 6.07) is 24.6. The molecule has 0 aliphatic carbocycles. The van der Waals surface area contributed by atoms with Gasteiger partial charge in [0.1, 0.15) is 11.6 Å². The van der Waals surface area contributed by atoms with Crippen molar-refractivity contribution in [2.75, 3.05) is 6.54 Å². The number of rotatable bonds is 7. The third-order valence-corrected chi connectivity index (χ3v) is 4.97. The predicted molar refractivity (Wildman–Crippen MR) is 112 cm³/mol. The molecule has 4 aromatic rings. The van der Waals surface area contributed by atoms with Crippen LogP contribution in [0.3, 0.4) is 0 Å². The minimum absolute atomic E-state index is 0.00609. The second kappa shape index (κ2) is 8.69. The molecule has 0 bridgehead atoms. The molecule has 0 saturated carbocycles. The van der Waals surface area contributed by atoms with Crippen LogP contribution in [0.5, 0.6) is 0 Å². The molecular formula is C24H22FN3O. The van der Waals surface area contributed by atoms with E-state index in [2.05, 4.69) is 39.6 Å². The maximum Gasteiger partial charge on any atom is 0.220 e. The molecule has 2 N–H and O–H groups in total. The fourth-order valence-electron chi connectivity index (χ4n) is 3.53. The van der Waals surface area contributed by atoms with Crippen molar-refractivity contribution in [1.29, 1.82) is 0 Å². The maximum atomic E-state index is 13.3. The van der Waals surface area contributed by atoms with Gasteiger partial charge in [-0.15, -0.1) is 0 Å². The summed E-state index contributed by atoms with van der Waals surface area (Å²) in [5, 5.41) is 2.98. The number of imidazole rings is 1. The van der Waals surface area contributed by atoms with Crippen molar-refractivity contribution in [1.82, 2.24) is 15.3 Å². The number of aromatic nitrogens is 2. The van der Waals surface area contributed by atoms with Crippen LogP contribution in [0.2, 0.25) is 0 Å². The Hall–Kier alpha value is -3.47. The number of hydrogen-bond donors (Lipinski definition) is 2. The van der Waals surface area contributed by atoms with Crippen molar-refractivity contribution in [3.05, 3.63) is 102 Å². The summed E-state index contributed by atoms with van der Waals surface area (Å²) in [5.41, 5.74) is 3.63. The number of amides is 1. The molecular weight excluding hydrogens is 365 g/mol. The lowest BCUT2D eigenvalue weighted by Gasteiger charge is -2.17. The lowest BCUT2D eigenvalue weighted by Crippen LogP contribution is -2.27. The van der Waals surface area contributed by atoms with Gasteiger partial charge in [-0.3, -0.25) is 4.79 Å². The second-order valence-electron chi connectivity index (χ2n) is 7.02. The van der Waals surface area contributed by atoms with E-state index in [1.54, 1.807) is 6.07 Å². The van der Waals surface area contributed by atoms with Crippen LogP contribution in [0.15, 0.2) is 78.9 Å². The Balaban J connectivity index is 1.39. The van der Waals surface area contributed by atoms with Crippen molar-refractivity contribution < 1.29 is 9.18 Å². The Morgan fingerprint density at radius 1 is 0.966 bits per heavy atom. The average Bonchev–Trinajstić information content (AvgIpc) is 3.15. The summed E-state index contributed by atoms with van der Waals surface area (Å²) in [4.78, 5) is 20.1. The number of nitrogens with one attached hydrogen (secondary N) is 2. The molecule has 5 heteroatoms.